The number of rotatable bonds is 4. The minimum absolute atomic E-state index is 0.156. The maximum absolute atomic E-state index is 12.4. The average Bonchev–Trinajstić information content (AvgIpc) is 2.47. The SMILES string of the molecule is CC1=CCC(C(C)(C)OC(=O)c2ccccc2CO)CC1. The van der Waals surface area contributed by atoms with Crippen LogP contribution < -0.4 is 0 Å². The Labute approximate surface area is 126 Å². The fraction of sp³-hybridized carbons (Fsp3) is 0.500. The van der Waals surface area contributed by atoms with E-state index in [0.29, 0.717) is 17.0 Å². The summed E-state index contributed by atoms with van der Waals surface area (Å²) in [5, 5.41) is 9.33. The zero-order valence-electron chi connectivity index (χ0n) is 13.1. The Hall–Kier alpha value is -1.61. The van der Waals surface area contributed by atoms with E-state index < -0.39 is 5.60 Å². The Morgan fingerprint density at radius 1 is 1.38 bits per heavy atom. The molecule has 1 aromatic rings. The van der Waals surface area contributed by atoms with Gasteiger partial charge in [-0.1, -0.05) is 29.8 Å². The number of ether oxygens (including phenoxy) is 1. The number of aliphatic hydroxyl groups is 1. The van der Waals surface area contributed by atoms with E-state index in [1.807, 2.05) is 19.9 Å². The van der Waals surface area contributed by atoms with Crippen LogP contribution in [0.4, 0.5) is 0 Å². The number of hydrogen-bond acceptors (Lipinski definition) is 3. The topological polar surface area (TPSA) is 46.5 Å². The lowest BCUT2D eigenvalue weighted by Crippen LogP contribution is -2.37. The first-order chi connectivity index (χ1) is 9.94. The minimum atomic E-state index is -0.503. The van der Waals surface area contributed by atoms with Crippen molar-refractivity contribution in [1.82, 2.24) is 0 Å². The number of esters is 1. The van der Waals surface area contributed by atoms with Crippen molar-refractivity contribution in [3.63, 3.8) is 0 Å². The van der Waals surface area contributed by atoms with Crippen molar-refractivity contribution in [2.45, 2.75) is 52.2 Å². The molecule has 1 atom stereocenters. The average molecular weight is 288 g/mol. The Kier molecular flexibility index (Phi) is 4.84. The van der Waals surface area contributed by atoms with Crippen molar-refractivity contribution in [2.24, 2.45) is 5.92 Å². The molecule has 0 aliphatic heterocycles. The summed E-state index contributed by atoms with van der Waals surface area (Å²) in [5.74, 6) is -0.0117. The quantitative estimate of drug-likeness (QED) is 0.676. The van der Waals surface area contributed by atoms with E-state index in [1.54, 1.807) is 18.2 Å². The third-order valence-electron chi connectivity index (χ3n) is 4.38. The van der Waals surface area contributed by atoms with Gasteiger partial charge < -0.3 is 9.84 Å². The highest BCUT2D eigenvalue weighted by Gasteiger charge is 2.34. The van der Waals surface area contributed by atoms with E-state index in [0.717, 1.165) is 19.3 Å². The van der Waals surface area contributed by atoms with Crippen LogP contribution in [0.1, 0.15) is 56.0 Å². The van der Waals surface area contributed by atoms with Crippen LogP contribution in [0.5, 0.6) is 0 Å². The van der Waals surface area contributed by atoms with Crippen molar-refractivity contribution in [3.8, 4) is 0 Å². The molecule has 3 nitrogen and oxygen atoms in total. The van der Waals surface area contributed by atoms with Crippen molar-refractivity contribution in [3.05, 3.63) is 47.0 Å². The normalized spacial score (nSPS) is 19.0. The van der Waals surface area contributed by atoms with Gasteiger partial charge in [0.2, 0.25) is 0 Å². The summed E-state index contributed by atoms with van der Waals surface area (Å²) < 4.78 is 5.76. The van der Waals surface area contributed by atoms with Gasteiger partial charge in [-0.15, -0.1) is 0 Å². The summed E-state index contributed by atoms with van der Waals surface area (Å²) in [6, 6.07) is 7.04. The summed E-state index contributed by atoms with van der Waals surface area (Å²) >= 11 is 0. The second-order valence-electron chi connectivity index (χ2n) is 6.33. The molecule has 0 heterocycles. The lowest BCUT2D eigenvalue weighted by atomic mass is 9.79. The van der Waals surface area contributed by atoms with Crippen LogP contribution in [0.15, 0.2) is 35.9 Å². The van der Waals surface area contributed by atoms with Crippen LogP contribution in [-0.4, -0.2) is 16.7 Å². The van der Waals surface area contributed by atoms with Crippen LogP contribution in [0.2, 0.25) is 0 Å². The first-order valence-corrected chi connectivity index (χ1v) is 7.52. The standard InChI is InChI=1S/C18H24O3/c1-13-8-10-15(11-9-13)18(2,3)21-17(20)16-7-5-4-6-14(16)12-19/h4-8,15,19H,9-12H2,1-3H3. The number of carbonyl (C=O) groups excluding carboxylic acids is 1. The van der Waals surface area contributed by atoms with E-state index in [9.17, 15) is 9.90 Å². The van der Waals surface area contributed by atoms with E-state index >= 15 is 0 Å². The van der Waals surface area contributed by atoms with E-state index in [-0.39, 0.29) is 12.6 Å². The summed E-state index contributed by atoms with van der Waals surface area (Å²) in [6.07, 6.45) is 5.31. The molecule has 0 spiro atoms. The molecule has 0 fully saturated rings. The minimum Gasteiger partial charge on any atom is -0.456 e. The number of aliphatic hydroxyl groups excluding tert-OH is 1. The predicted octanol–water partition coefficient (Wildman–Crippen LogP) is 3.86. The van der Waals surface area contributed by atoms with Crippen molar-refractivity contribution < 1.29 is 14.6 Å². The van der Waals surface area contributed by atoms with E-state index in [4.69, 9.17) is 4.74 Å². The largest absolute Gasteiger partial charge is 0.456 e. The van der Waals surface area contributed by atoms with Crippen LogP contribution in [0, 0.1) is 5.92 Å². The molecular weight excluding hydrogens is 264 g/mol. The van der Waals surface area contributed by atoms with Crippen LogP contribution in [-0.2, 0) is 11.3 Å². The molecule has 1 aliphatic rings. The summed E-state index contributed by atoms with van der Waals surface area (Å²) in [7, 11) is 0. The van der Waals surface area contributed by atoms with Crippen molar-refractivity contribution in [1.29, 1.82) is 0 Å². The third kappa shape index (κ3) is 3.73. The molecule has 0 bridgehead atoms. The maximum Gasteiger partial charge on any atom is 0.339 e. The summed E-state index contributed by atoms with van der Waals surface area (Å²) in [4.78, 5) is 12.4. The predicted molar refractivity (Wildman–Crippen MR) is 83.0 cm³/mol. The zero-order valence-corrected chi connectivity index (χ0v) is 13.1. The highest BCUT2D eigenvalue weighted by molar-refractivity contribution is 5.91. The van der Waals surface area contributed by atoms with E-state index in [1.165, 1.54) is 5.57 Å². The van der Waals surface area contributed by atoms with Crippen LogP contribution in [0.25, 0.3) is 0 Å². The van der Waals surface area contributed by atoms with Crippen LogP contribution >= 0.6 is 0 Å². The molecule has 1 aliphatic carbocycles. The number of allylic oxidation sites excluding steroid dienone is 2. The van der Waals surface area contributed by atoms with Crippen molar-refractivity contribution >= 4 is 5.97 Å². The summed E-state index contributed by atoms with van der Waals surface area (Å²) in [6.45, 7) is 5.95. The van der Waals surface area contributed by atoms with Gasteiger partial charge in [0, 0.05) is 5.92 Å². The van der Waals surface area contributed by atoms with Gasteiger partial charge in [0.15, 0.2) is 0 Å². The molecule has 1 aromatic carbocycles. The molecule has 1 unspecified atom stereocenters. The first kappa shape index (κ1) is 15.8. The lowest BCUT2D eigenvalue weighted by Gasteiger charge is -2.35. The Morgan fingerprint density at radius 3 is 2.71 bits per heavy atom. The fourth-order valence-corrected chi connectivity index (χ4v) is 2.83. The fourth-order valence-electron chi connectivity index (χ4n) is 2.83. The molecular formula is C18H24O3. The van der Waals surface area contributed by atoms with Gasteiger partial charge in [-0.2, -0.15) is 0 Å². The van der Waals surface area contributed by atoms with Crippen LogP contribution in [0.3, 0.4) is 0 Å². The first-order valence-electron chi connectivity index (χ1n) is 7.52. The van der Waals surface area contributed by atoms with Gasteiger partial charge in [-0.25, -0.2) is 4.79 Å². The van der Waals surface area contributed by atoms with Gasteiger partial charge in [0.25, 0.3) is 0 Å². The van der Waals surface area contributed by atoms with E-state index in [2.05, 4.69) is 13.0 Å². The Morgan fingerprint density at radius 2 is 2.10 bits per heavy atom. The third-order valence-corrected chi connectivity index (χ3v) is 4.38. The Balaban J connectivity index is 2.11. The monoisotopic (exact) mass is 288 g/mol. The Bertz CT molecular complexity index is 543. The van der Waals surface area contributed by atoms with Gasteiger partial charge in [0.05, 0.1) is 12.2 Å². The molecule has 3 heteroatoms. The number of hydrogen-bond donors (Lipinski definition) is 1. The molecule has 2 rings (SSSR count). The maximum atomic E-state index is 12.4. The molecule has 0 aromatic heterocycles. The molecule has 0 saturated heterocycles. The van der Waals surface area contributed by atoms with Gasteiger partial charge in [0.1, 0.15) is 5.60 Å². The second kappa shape index (κ2) is 6.44. The van der Waals surface area contributed by atoms with Crippen molar-refractivity contribution in [2.75, 3.05) is 0 Å². The molecule has 114 valence electrons. The molecule has 0 saturated carbocycles. The zero-order chi connectivity index (χ0) is 15.5. The van der Waals surface area contributed by atoms with Gasteiger partial charge in [-0.3, -0.25) is 0 Å². The highest BCUT2D eigenvalue weighted by atomic mass is 16.6. The smallest absolute Gasteiger partial charge is 0.339 e. The molecule has 0 amide bonds. The number of carbonyl (C=O) groups is 1. The second-order valence-corrected chi connectivity index (χ2v) is 6.33. The molecule has 0 radical (unpaired) electrons. The molecule has 21 heavy (non-hydrogen) atoms. The van der Waals surface area contributed by atoms with Gasteiger partial charge >= 0.3 is 5.97 Å². The summed E-state index contributed by atoms with van der Waals surface area (Å²) in [5.41, 5.74) is 1.98. The molecule has 1 N–H and O–H groups in total. The van der Waals surface area contributed by atoms with Gasteiger partial charge in [-0.05, 0) is 51.7 Å². The highest BCUT2D eigenvalue weighted by Crippen LogP contribution is 2.34. The lowest BCUT2D eigenvalue weighted by molar-refractivity contribution is -0.0325. The number of benzene rings is 1.